The molecule has 0 saturated carbocycles. The van der Waals surface area contributed by atoms with Crippen LogP contribution in [0.15, 0.2) is 42.6 Å². The summed E-state index contributed by atoms with van der Waals surface area (Å²) in [5, 5.41) is 3.32. The Labute approximate surface area is 153 Å². The lowest BCUT2D eigenvalue weighted by Crippen LogP contribution is -2.48. The molecular formula is C20H24N4O2. The minimum Gasteiger partial charge on any atom is -0.355 e. The molecule has 6 heteroatoms. The number of carbonyl (C=O) groups is 2. The fourth-order valence-corrected chi connectivity index (χ4v) is 2.94. The Kier molecular flexibility index (Phi) is 5.51. The van der Waals surface area contributed by atoms with E-state index in [1.54, 1.807) is 22.1 Å². The van der Waals surface area contributed by atoms with Crippen molar-refractivity contribution in [3.05, 3.63) is 53.9 Å². The summed E-state index contributed by atoms with van der Waals surface area (Å²) in [7, 11) is 0. The summed E-state index contributed by atoms with van der Waals surface area (Å²) in [6, 6.07) is 11.9. The number of rotatable bonds is 5. The molecule has 1 saturated heterocycles. The van der Waals surface area contributed by atoms with E-state index >= 15 is 0 Å². The first-order valence-corrected chi connectivity index (χ1v) is 8.88. The van der Waals surface area contributed by atoms with Crippen molar-refractivity contribution in [2.24, 2.45) is 0 Å². The molecule has 1 fully saturated rings. The number of carbonyl (C=O) groups excluding carboxylic acids is 2. The third-order valence-corrected chi connectivity index (χ3v) is 4.60. The fraction of sp³-hybridized carbons (Fsp3) is 0.350. The van der Waals surface area contributed by atoms with Gasteiger partial charge in [0.25, 0.3) is 5.91 Å². The Morgan fingerprint density at radius 3 is 2.38 bits per heavy atom. The normalized spacial score (nSPS) is 14.4. The van der Waals surface area contributed by atoms with Gasteiger partial charge in [-0.2, -0.15) is 0 Å². The van der Waals surface area contributed by atoms with Crippen LogP contribution in [0.3, 0.4) is 0 Å². The van der Waals surface area contributed by atoms with Gasteiger partial charge in [-0.1, -0.05) is 26.0 Å². The Morgan fingerprint density at radius 1 is 1.08 bits per heavy atom. The molecule has 0 atom stereocenters. The largest absolute Gasteiger partial charge is 0.355 e. The van der Waals surface area contributed by atoms with E-state index in [2.05, 4.69) is 36.3 Å². The molecule has 0 unspecified atom stereocenters. The highest BCUT2D eigenvalue weighted by Crippen LogP contribution is 2.21. The van der Waals surface area contributed by atoms with Gasteiger partial charge in [0, 0.05) is 43.8 Å². The van der Waals surface area contributed by atoms with Crippen molar-refractivity contribution in [1.29, 1.82) is 0 Å². The maximum absolute atomic E-state index is 12.6. The van der Waals surface area contributed by atoms with Crippen LogP contribution >= 0.6 is 0 Å². The van der Waals surface area contributed by atoms with Crippen molar-refractivity contribution in [1.82, 2.24) is 14.8 Å². The lowest BCUT2D eigenvalue weighted by Gasteiger charge is -2.32. The molecule has 1 aliphatic rings. The van der Waals surface area contributed by atoms with Gasteiger partial charge in [0.1, 0.15) is 5.69 Å². The molecule has 0 radical (unpaired) electrons. The van der Waals surface area contributed by atoms with E-state index in [1.165, 1.54) is 5.56 Å². The molecule has 1 aliphatic heterocycles. The monoisotopic (exact) mass is 352 g/mol. The third kappa shape index (κ3) is 4.20. The second-order valence-corrected chi connectivity index (χ2v) is 6.77. The molecule has 1 aromatic heterocycles. The number of benzene rings is 1. The highest BCUT2D eigenvalue weighted by Gasteiger charge is 2.22. The van der Waals surface area contributed by atoms with Gasteiger partial charge in [-0.25, -0.2) is 0 Å². The zero-order valence-electron chi connectivity index (χ0n) is 15.2. The Balaban J connectivity index is 1.68. The maximum Gasteiger partial charge on any atom is 0.272 e. The molecule has 136 valence electrons. The van der Waals surface area contributed by atoms with Crippen LogP contribution in [0.1, 0.15) is 35.8 Å². The van der Waals surface area contributed by atoms with Crippen LogP contribution in [0.4, 0.5) is 11.4 Å². The van der Waals surface area contributed by atoms with E-state index in [0.717, 1.165) is 17.8 Å². The first-order chi connectivity index (χ1) is 12.6. The quantitative estimate of drug-likeness (QED) is 0.841. The number of anilines is 2. The second kappa shape index (κ2) is 7.99. The van der Waals surface area contributed by atoms with Crippen LogP contribution in [-0.4, -0.2) is 53.3 Å². The van der Waals surface area contributed by atoms with E-state index in [9.17, 15) is 9.59 Å². The van der Waals surface area contributed by atoms with Gasteiger partial charge in [0.2, 0.25) is 6.41 Å². The first-order valence-electron chi connectivity index (χ1n) is 8.88. The van der Waals surface area contributed by atoms with E-state index in [4.69, 9.17) is 0 Å². The van der Waals surface area contributed by atoms with Crippen molar-refractivity contribution in [3.63, 3.8) is 0 Å². The fourth-order valence-electron chi connectivity index (χ4n) is 2.94. The van der Waals surface area contributed by atoms with Gasteiger partial charge in [-0.3, -0.25) is 14.6 Å². The minimum absolute atomic E-state index is 0.102. The molecule has 0 bridgehead atoms. The molecule has 1 N–H and O–H groups in total. The summed E-state index contributed by atoms with van der Waals surface area (Å²) in [5.41, 5.74) is 3.50. The standard InChI is InChI=1S/C20H24N4O2/c1-15(2)16-3-5-17(6-4-16)22-18-7-8-21-19(13-18)20(26)24-11-9-23(14-25)10-12-24/h3-8,13-15H,9-12H2,1-2H3,(H,21,22). The van der Waals surface area contributed by atoms with Crippen LogP contribution in [0.25, 0.3) is 0 Å². The van der Waals surface area contributed by atoms with Gasteiger partial charge in [-0.15, -0.1) is 0 Å². The molecule has 1 aromatic carbocycles. The summed E-state index contributed by atoms with van der Waals surface area (Å²) in [6.45, 7) is 6.53. The SMILES string of the molecule is CC(C)c1ccc(Nc2ccnc(C(=O)N3CCN(C=O)CC3)c2)cc1. The van der Waals surface area contributed by atoms with Crippen LogP contribution in [0, 0.1) is 0 Å². The number of hydrogen-bond donors (Lipinski definition) is 1. The van der Waals surface area contributed by atoms with Gasteiger partial charge >= 0.3 is 0 Å². The van der Waals surface area contributed by atoms with E-state index in [1.807, 2.05) is 18.2 Å². The van der Waals surface area contributed by atoms with Crippen molar-refractivity contribution >= 4 is 23.7 Å². The number of nitrogens with zero attached hydrogens (tertiary/aromatic N) is 3. The number of aromatic nitrogens is 1. The molecular weight excluding hydrogens is 328 g/mol. The Bertz CT molecular complexity index is 766. The number of pyridine rings is 1. The average molecular weight is 352 g/mol. The molecule has 26 heavy (non-hydrogen) atoms. The molecule has 0 aliphatic carbocycles. The van der Waals surface area contributed by atoms with Gasteiger partial charge in [0.05, 0.1) is 0 Å². The summed E-state index contributed by atoms with van der Waals surface area (Å²) < 4.78 is 0. The minimum atomic E-state index is -0.102. The second-order valence-electron chi connectivity index (χ2n) is 6.77. The molecule has 2 amide bonds. The van der Waals surface area contributed by atoms with Crippen molar-refractivity contribution in [3.8, 4) is 0 Å². The summed E-state index contributed by atoms with van der Waals surface area (Å²) in [4.78, 5) is 31.1. The smallest absolute Gasteiger partial charge is 0.272 e. The lowest BCUT2D eigenvalue weighted by molar-refractivity contribution is -0.119. The zero-order valence-corrected chi connectivity index (χ0v) is 15.2. The lowest BCUT2D eigenvalue weighted by atomic mass is 10.0. The number of amides is 2. The summed E-state index contributed by atoms with van der Waals surface area (Å²) >= 11 is 0. The molecule has 2 heterocycles. The summed E-state index contributed by atoms with van der Waals surface area (Å²) in [6.07, 6.45) is 2.47. The first kappa shape index (κ1) is 17.9. The average Bonchev–Trinajstić information content (AvgIpc) is 2.68. The van der Waals surface area contributed by atoms with Gasteiger partial charge in [-0.05, 0) is 35.7 Å². The highest BCUT2D eigenvalue weighted by molar-refractivity contribution is 5.93. The highest BCUT2D eigenvalue weighted by atomic mass is 16.2. The molecule has 0 spiro atoms. The van der Waals surface area contributed by atoms with Crippen LogP contribution in [0.5, 0.6) is 0 Å². The Hall–Kier alpha value is -2.89. The predicted octanol–water partition coefficient (Wildman–Crippen LogP) is 2.86. The van der Waals surface area contributed by atoms with Crippen molar-refractivity contribution in [2.45, 2.75) is 19.8 Å². The predicted molar refractivity (Wildman–Crippen MR) is 102 cm³/mol. The molecule has 6 nitrogen and oxygen atoms in total. The number of hydrogen-bond acceptors (Lipinski definition) is 4. The van der Waals surface area contributed by atoms with Crippen LogP contribution in [0.2, 0.25) is 0 Å². The van der Waals surface area contributed by atoms with Crippen LogP contribution in [-0.2, 0) is 4.79 Å². The van der Waals surface area contributed by atoms with E-state index < -0.39 is 0 Å². The van der Waals surface area contributed by atoms with E-state index in [0.29, 0.717) is 37.8 Å². The number of piperazine rings is 1. The Morgan fingerprint density at radius 2 is 1.77 bits per heavy atom. The van der Waals surface area contributed by atoms with Crippen molar-refractivity contribution in [2.75, 3.05) is 31.5 Å². The van der Waals surface area contributed by atoms with Gasteiger partial charge < -0.3 is 15.1 Å². The van der Waals surface area contributed by atoms with E-state index in [-0.39, 0.29) is 5.91 Å². The summed E-state index contributed by atoms with van der Waals surface area (Å²) in [5.74, 6) is 0.392. The van der Waals surface area contributed by atoms with Crippen LogP contribution < -0.4 is 5.32 Å². The number of nitrogens with one attached hydrogen (secondary N) is 1. The van der Waals surface area contributed by atoms with Crippen molar-refractivity contribution < 1.29 is 9.59 Å². The van der Waals surface area contributed by atoms with Gasteiger partial charge in [0.15, 0.2) is 0 Å². The maximum atomic E-state index is 12.6. The third-order valence-electron chi connectivity index (χ3n) is 4.60. The molecule has 3 rings (SSSR count). The topological polar surface area (TPSA) is 65.5 Å². The zero-order chi connectivity index (χ0) is 18.5. The molecule has 2 aromatic rings.